The third kappa shape index (κ3) is 5.03. The SMILES string of the molecule is CC(C)(C)OC(=O)CCc1nnc(C(=O)c2nc3ccc(-c4ccccc4)cc3s2)o1. The van der Waals surface area contributed by atoms with Crippen molar-refractivity contribution in [2.45, 2.75) is 39.2 Å². The molecule has 4 rings (SSSR count). The van der Waals surface area contributed by atoms with Crippen LogP contribution in [-0.2, 0) is 16.0 Å². The lowest BCUT2D eigenvalue weighted by molar-refractivity contribution is -0.154. The second kappa shape index (κ2) is 8.39. The van der Waals surface area contributed by atoms with Crippen molar-refractivity contribution < 1.29 is 18.7 Å². The normalized spacial score (nSPS) is 11.6. The molecule has 0 aliphatic rings. The van der Waals surface area contributed by atoms with Gasteiger partial charge in [0.25, 0.3) is 11.7 Å². The van der Waals surface area contributed by atoms with Gasteiger partial charge in [0.1, 0.15) is 5.60 Å². The molecule has 2 aromatic carbocycles. The number of ketones is 1. The molecule has 4 aromatic rings. The summed E-state index contributed by atoms with van der Waals surface area (Å²) in [5, 5.41) is 7.98. The number of nitrogens with zero attached hydrogens (tertiary/aromatic N) is 3. The molecule has 0 saturated carbocycles. The number of aromatic nitrogens is 3. The second-order valence-electron chi connectivity index (χ2n) is 7.98. The number of rotatable bonds is 6. The summed E-state index contributed by atoms with van der Waals surface area (Å²) in [5.74, 6) is -0.722. The number of aryl methyl sites for hydroxylation is 1. The molecular formula is C23H21N3O4S. The number of ether oxygens (including phenoxy) is 1. The first-order chi connectivity index (χ1) is 14.8. The van der Waals surface area contributed by atoms with E-state index in [0.717, 1.165) is 21.3 Å². The van der Waals surface area contributed by atoms with Crippen LogP contribution in [0.4, 0.5) is 0 Å². The van der Waals surface area contributed by atoms with E-state index in [2.05, 4.69) is 15.2 Å². The minimum absolute atomic E-state index is 0.0937. The Balaban J connectivity index is 1.48. The zero-order valence-corrected chi connectivity index (χ0v) is 18.2. The molecule has 2 aromatic heterocycles. The first-order valence-corrected chi connectivity index (χ1v) is 10.6. The Labute approximate surface area is 183 Å². The minimum atomic E-state index is -0.555. The third-order valence-corrected chi connectivity index (χ3v) is 5.33. The van der Waals surface area contributed by atoms with Crippen LogP contribution in [0.25, 0.3) is 21.3 Å². The van der Waals surface area contributed by atoms with Crippen molar-refractivity contribution >= 4 is 33.3 Å². The lowest BCUT2D eigenvalue weighted by Gasteiger charge is -2.19. The van der Waals surface area contributed by atoms with Gasteiger partial charge in [0.05, 0.1) is 16.6 Å². The molecular weight excluding hydrogens is 414 g/mol. The average molecular weight is 436 g/mol. The third-order valence-electron chi connectivity index (χ3n) is 4.31. The molecule has 8 heteroatoms. The molecule has 0 unspecified atom stereocenters. The fourth-order valence-corrected chi connectivity index (χ4v) is 3.91. The average Bonchev–Trinajstić information content (AvgIpc) is 3.37. The molecule has 0 spiro atoms. The lowest BCUT2D eigenvalue weighted by Crippen LogP contribution is -2.24. The summed E-state index contributed by atoms with van der Waals surface area (Å²) in [7, 11) is 0. The van der Waals surface area contributed by atoms with E-state index < -0.39 is 11.4 Å². The van der Waals surface area contributed by atoms with E-state index in [1.165, 1.54) is 11.3 Å². The topological polar surface area (TPSA) is 95.2 Å². The van der Waals surface area contributed by atoms with E-state index in [1.54, 1.807) is 20.8 Å². The van der Waals surface area contributed by atoms with Crippen LogP contribution in [-0.4, -0.2) is 32.5 Å². The Bertz CT molecular complexity index is 1240. The maximum atomic E-state index is 12.8. The monoisotopic (exact) mass is 435 g/mol. The fourth-order valence-electron chi connectivity index (χ4n) is 2.97. The maximum Gasteiger partial charge on any atom is 0.306 e. The van der Waals surface area contributed by atoms with Gasteiger partial charge in [-0.25, -0.2) is 4.98 Å². The van der Waals surface area contributed by atoms with Crippen LogP contribution in [0.1, 0.15) is 48.8 Å². The standard InChI is InChI=1S/C23H21N3O4S/c1-23(2,3)30-19(27)12-11-18-25-26-21(29-18)20(28)22-24-16-10-9-15(13-17(16)31-22)14-7-5-4-6-8-14/h4-10,13H,11-12H2,1-3H3. The largest absolute Gasteiger partial charge is 0.460 e. The van der Waals surface area contributed by atoms with Gasteiger partial charge in [0.15, 0.2) is 5.01 Å². The summed E-state index contributed by atoms with van der Waals surface area (Å²) in [5.41, 5.74) is 2.33. The molecule has 2 heterocycles. The Hall–Kier alpha value is -3.39. The van der Waals surface area contributed by atoms with Crippen molar-refractivity contribution in [3.05, 3.63) is 65.3 Å². The van der Waals surface area contributed by atoms with Gasteiger partial charge in [-0.3, -0.25) is 9.59 Å². The summed E-state index contributed by atoms with van der Waals surface area (Å²) in [6.45, 7) is 5.40. The van der Waals surface area contributed by atoms with Crippen LogP contribution in [0.5, 0.6) is 0 Å². The maximum absolute atomic E-state index is 12.8. The van der Waals surface area contributed by atoms with Crippen LogP contribution in [0.15, 0.2) is 52.9 Å². The Kier molecular flexibility index (Phi) is 5.65. The number of carbonyl (C=O) groups is 2. The molecule has 0 amide bonds. The van der Waals surface area contributed by atoms with E-state index in [4.69, 9.17) is 9.15 Å². The summed E-state index contributed by atoms with van der Waals surface area (Å²) in [6.07, 6.45) is 0.298. The second-order valence-corrected chi connectivity index (χ2v) is 9.01. The molecule has 0 fully saturated rings. The van der Waals surface area contributed by atoms with Crippen molar-refractivity contribution in [1.82, 2.24) is 15.2 Å². The van der Waals surface area contributed by atoms with E-state index in [0.29, 0.717) is 0 Å². The smallest absolute Gasteiger partial charge is 0.306 e. The van der Waals surface area contributed by atoms with Crippen molar-refractivity contribution in [2.24, 2.45) is 0 Å². The van der Waals surface area contributed by atoms with E-state index in [-0.39, 0.29) is 35.6 Å². The Morgan fingerprint density at radius 1 is 1.03 bits per heavy atom. The van der Waals surface area contributed by atoms with Crippen LogP contribution >= 0.6 is 11.3 Å². The highest BCUT2D eigenvalue weighted by atomic mass is 32.1. The predicted octanol–water partition coefficient (Wildman–Crippen LogP) is 4.85. The van der Waals surface area contributed by atoms with Crippen molar-refractivity contribution in [3.8, 4) is 11.1 Å². The number of benzene rings is 2. The molecule has 0 aliphatic carbocycles. The molecule has 158 valence electrons. The van der Waals surface area contributed by atoms with Crippen molar-refractivity contribution in [2.75, 3.05) is 0 Å². The number of carbonyl (C=O) groups excluding carboxylic acids is 2. The van der Waals surface area contributed by atoms with Gasteiger partial charge in [-0.1, -0.05) is 36.4 Å². The fraction of sp³-hybridized carbons (Fsp3) is 0.261. The molecule has 7 nitrogen and oxygen atoms in total. The van der Waals surface area contributed by atoms with Gasteiger partial charge >= 0.3 is 5.97 Å². The van der Waals surface area contributed by atoms with E-state index in [9.17, 15) is 9.59 Å². The van der Waals surface area contributed by atoms with Gasteiger partial charge in [-0.05, 0) is 44.0 Å². The zero-order valence-electron chi connectivity index (χ0n) is 17.4. The van der Waals surface area contributed by atoms with Gasteiger partial charge in [-0.15, -0.1) is 21.5 Å². The molecule has 0 radical (unpaired) electrons. The van der Waals surface area contributed by atoms with Crippen LogP contribution in [0, 0.1) is 0 Å². The summed E-state index contributed by atoms with van der Waals surface area (Å²) in [6, 6.07) is 15.9. The number of fused-ring (bicyclic) bond motifs is 1. The molecule has 0 N–H and O–H groups in total. The number of hydrogen-bond donors (Lipinski definition) is 0. The zero-order chi connectivity index (χ0) is 22.0. The van der Waals surface area contributed by atoms with Gasteiger partial charge in [0.2, 0.25) is 5.89 Å². The quantitative estimate of drug-likeness (QED) is 0.315. The summed E-state index contributed by atoms with van der Waals surface area (Å²) < 4.78 is 11.6. The van der Waals surface area contributed by atoms with Gasteiger partial charge < -0.3 is 9.15 Å². The lowest BCUT2D eigenvalue weighted by atomic mass is 10.1. The van der Waals surface area contributed by atoms with E-state index in [1.807, 2.05) is 48.5 Å². The predicted molar refractivity (Wildman–Crippen MR) is 117 cm³/mol. The van der Waals surface area contributed by atoms with E-state index >= 15 is 0 Å². The van der Waals surface area contributed by atoms with Crippen molar-refractivity contribution in [1.29, 1.82) is 0 Å². The molecule has 0 aliphatic heterocycles. The van der Waals surface area contributed by atoms with Gasteiger partial charge in [-0.2, -0.15) is 0 Å². The first-order valence-electron chi connectivity index (χ1n) is 9.83. The molecule has 0 atom stereocenters. The molecule has 0 saturated heterocycles. The first kappa shape index (κ1) is 20.9. The molecule has 0 bridgehead atoms. The highest BCUT2D eigenvalue weighted by Crippen LogP contribution is 2.29. The van der Waals surface area contributed by atoms with Crippen LogP contribution in [0.2, 0.25) is 0 Å². The van der Waals surface area contributed by atoms with Crippen molar-refractivity contribution in [3.63, 3.8) is 0 Å². The summed E-state index contributed by atoms with van der Waals surface area (Å²) >= 11 is 1.28. The number of esters is 1. The highest BCUT2D eigenvalue weighted by Gasteiger charge is 2.22. The van der Waals surface area contributed by atoms with Crippen LogP contribution in [0.3, 0.4) is 0 Å². The summed E-state index contributed by atoms with van der Waals surface area (Å²) in [4.78, 5) is 29.0. The number of hydrogen-bond acceptors (Lipinski definition) is 8. The minimum Gasteiger partial charge on any atom is -0.460 e. The van der Waals surface area contributed by atoms with Crippen LogP contribution < -0.4 is 0 Å². The Morgan fingerprint density at radius 3 is 2.55 bits per heavy atom. The molecule has 31 heavy (non-hydrogen) atoms. The Morgan fingerprint density at radius 2 is 1.81 bits per heavy atom. The number of thiazole rings is 1. The highest BCUT2D eigenvalue weighted by molar-refractivity contribution is 7.20. The van der Waals surface area contributed by atoms with Gasteiger partial charge in [0, 0.05) is 6.42 Å².